The number of hydrogen-bond donors (Lipinski definition) is 2. The van der Waals surface area contributed by atoms with Crippen molar-refractivity contribution in [2.24, 2.45) is 12.8 Å². The van der Waals surface area contributed by atoms with Crippen molar-refractivity contribution in [2.75, 3.05) is 13.1 Å². The average molecular weight is 238 g/mol. The Morgan fingerprint density at radius 2 is 2.24 bits per heavy atom. The smallest absolute Gasteiger partial charge is 0.339 e. The molecule has 0 saturated carbocycles. The van der Waals surface area contributed by atoms with Gasteiger partial charge < -0.3 is 10.8 Å². The maximum absolute atomic E-state index is 11.0. The largest absolute Gasteiger partial charge is 0.478 e. The van der Waals surface area contributed by atoms with Crippen LogP contribution in [0.1, 0.15) is 28.9 Å². The fraction of sp³-hybridized carbons (Fsp3) is 0.636. The van der Waals surface area contributed by atoms with Crippen LogP contribution in [0.2, 0.25) is 0 Å². The van der Waals surface area contributed by atoms with Gasteiger partial charge in [0.25, 0.3) is 0 Å². The van der Waals surface area contributed by atoms with Gasteiger partial charge in [0.15, 0.2) is 0 Å². The highest BCUT2D eigenvalue weighted by Gasteiger charge is 2.21. The highest BCUT2D eigenvalue weighted by molar-refractivity contribution is 5.88. The first kappa shape index (κ1) is 12.1. The van der Waals surface area contributed by atoms with E-state index >= 15 is 0 Å². The second kappa shape index (κ2) is 4.85. The van der Waals surface area contributed by atoms with Crippen LogP contribution in [0, 0.1) is 0 Å². The number of piperidine rings is 1. The fourth-order valence-electron chi connectivity index (χ4n) is 2.15. The molecule has 1 fully saturated rings. The zero-order valence-electron chi connectivity index (χ0n) is 9.96. The summed E-state index contributed by atoms with van der Waals surface area (Å²) in [6.45, 7) is 2.47. The minimum absolute atomic E-state index is 0.289. The van der Waals surface area contributed by atoms with E-state index in [1.54, 1.807) is 11.7 Å². The molecule has 94 valence electrons. The Morgan fingerprint density at radius 3 is 2.82 bits per heavy atom. The first-order valence-electron chi connectivity index (χ1n) is 5.80. The summed E-state index contributed by atoms with van der Waals surface area (Å²) in [5.41, 5.74) is 6.89. The van der Waals surface area contributed by atoms with Crippen LogP contribution in [0.25, 0.3) is 0 Å². The first-order valence-corrected chi connectivity index (χ1v) is 5.80. The molecule has 0 aliphatic carbocycles. The molecule has 17 heavy (non-hydrogen) atoms. The van der Waals surface area contributed by atoms with Gasteiger partial charge in [0.1, 0.15) is 5.56 Å². The van der Waals surface area contributed by atoms with Crippen molar-refractivity contribution in [1.29, 1.82) is 0 Å². The van der Waals surface area contributed by atoms with Gasteiger partial charge >= 0.3 is 5.97 Å². The van der Waals surface area contributed by atoms with Crippen LogP contribution < -0.4 is 5.73 Å². The van der Waals surface area contributed by atoms with Crippen LogP contribution in [-0.2, 0) is 13.6 Å². The lowest BCUT2D eigenvalue weighted by molar-refractivity contribution is 0.0693. The number of carboxylic acids is 1. The van der Waals surface area contributed by atoms with E-state index in [9.17, 15) is 4.79 Å². The monoisotopic (exact) mass is 238 g/mol. The van der Waals surface area contributed by atoms with Crippen LogP contribution in [-0.4, -0.2) is 44.9 Å². The molecule has 6 nitrogen and oxygen atoms in total. The normalized spacial score (nSPS) is 18.5. The van der Waals surface area contributed by atoms with Crippen LogP contribution in [0.5, 0.6) is 0 Å². The molecule has 1 saturated heterocycles. The maximum atomic E-state index is 11.0. The summed E-state index contributed by atoms with van der Waals surface area (Å²) in [4.78, 5) is 13.3. The molecule has 1 aromatic rings. The fourth-order valence-corrected chi connectivity index (χ4v) is 2.15. The first-order chi connectivity index (χ1) is 8.08. The van der Waals surface area contributed by atoms with Crippen molar-refractivity contribution in [3.63, 3.8) is 0 Å². The summed E-state index contributed by atoms with van der Waals surface area (Å²) in [5, 5.41) is 13.1. The molecule has 0 spiro atoms. The SMILES string of the molecule is Cn1ncc(C(=O)O)c1CN1CCC(N)CC1. The van der Waals surface area contributed by atoms with Gasteiger partial charge in [0.05, 0.1) is 11.9 Å². The molecular weight excluding hydrogens is 220 g/mol. The molecule has 0 bridgehead atoms. The molecular formula is C11H18N4O2. The number of nitrogens with zero attached hydrogens (tertiary/aromatic N) is 3. The van der Waals surface area contributed by atoms with Crippen LogP contribution in [0.4, 0.5) is 0 Å². The number of carboxylic acid groups (broad SMARTS) is 1. The van der Waals surface area contributed by atoms with E-state index in [-0.39, 0.29) is 6.04 Å². The summed E-state index contributed by atoms with van der Waals surface area (Å²) < 4.78 is 1.64. The lowest BCUT2D eigenvalue weighted by Gasteiger charge is -2.30. The summed E-state index contributed by atoms with van der Waals surface area (Å²) in [5.74, 6) is -0.915. The summed E-state index contributed by atoms with van der Waals surface area (Å²) >= 11 is 0. The highest BCUT2D eigenvalue weighted by Crippen LogP contribution is 2.15. The predicted molar refractivity (Wildman–Crippen MR) is 62.7 cm³/mol. The lowest BCUT2D eigenvalue weighted by Crippen LogP contribution is -2.39. The second-order valence-electron chi connectivity index (χ2n) is 4.55. The lowest BCUT2D eigenvalue weighted by atomic mass is 10.1. The number of aromatic nitrogens is 2. The van der Waals surface area contributed by atoms with Crippen molar-refractivity contribution >= 4 is 5.97 Å². The van der Waals surface area contributed by atoms with Gasteiger partial charge in [-0.15, -0.1) is 0 Å². The van der Waals surface area contributed by atoms with Gasteiger partial charge in [-0.1, -0.05) is 0 Å². The van der Waals surface area contributed by atoms with Crippen molar-refractivity contribution in [3.8, 4) is 0 Å². The Balaban J connectivity index is 2.08. The van der Waals surface area contributed by atoms with Gasteiger partial charge in [0.2, 0.25) is 0 Å². The molecule has 1 aromatic heterocycles. The molecule has 0 radical (unpaired) electrons. The van der Waals surface area contributed by atoms with E-state index in [2.05, 4.69) is 10.00 Å². The van der Waals surface area contributed by atoms with Crippen LogP contribution >= 0.6 is 0 Å². The number of nitrogens with two attached hydrogens (primary N) is 1. The summed E-state index contributed by atoms with van der Waals surface area (Å²) in [7, 11) is 1.78. The van der Waals surface area contributed by atoms with Gasteiger partial charge in [-0.2, -0.15) is 5.10 Å². The number of aromatic carboxylic acids is 1. The third-order valence-corrected chi connectivity index (χ3v) is 3.30. The number of hydrogen-bond acceptors (Lipinski definition) is 4. The Labute approximate surface area is 100 Å². The minimum atomic E-state index is -0.915. The van der Waals surface area contributed by atoms with E-state index in [0.29, 0.717) is 12.1 Å². The zero-order valence-corrected chi connectivity index (χ0v) is 9.96. The van der Waals surface area contributed by atoms with Crippen LogP contribution in [0.3, 0.4) is 0 Å². The molecule has 0 atom stereocenters. The molecule has 2 rings (SSSR count). The van der Waals surface area contributed by atoms with E-state index in [1.807, 2.05) is 0 Å². The molecule has 0 amide bonds. The van der Waals surface area contributed by atoms with E-state index in [4.69, 9.17) is 10.8 Å². The molecule has 6 heteroatoms. The van der Waals surface area contributed by atoms with Crippen molar-refractivity contribution in [1.82, 2.24) is 14.7 Å². The van der Waals surface area contributed by atoms with Gasteiger partial charge in [0, 0.05) is 32.7 Å². The Kier molecular flexibility index (Phi) is 3.44. The quantitative estimate of drug-likeness (QED) is 0.776. The third-order valence-electron chi connectivity index (χ3n) is 3.30. The molecule has 1 aliphatic rings. The van der Waals surface area contributed by atoms with E-state index in [1.165, 1.54) is 6.20 Å². The second-order valence-corrected chi connectivity index (χ2v) is 4.55. The molecule has 0 aromatic carbocycles. The van der Waals surface area contributed by atoms with E-state index in [0.717, 1.165) is 31.6 Å². The maximum Gasteiger partial charge on any atom is 0.339 e. The average Bonchev–Trinajstić information content (AvgIpc) is 2.64. The standard InChI is InChI=1S/C11H18N4O2/c1-14-10(9(6-13-14)11(16)17)7-15-4-2-8(12)3-5-15/h6,8H,2-5,7,12H2,1H3,(H,16,17). The van der Waals surface area contributed by atoms with Crippen LogP contribution in [0.15, 0.2) is 6.20 Å². The Bertz CT molecular complexity index is 408. The van der Waals surface area contributed by atoms with Crippen molar-refractivity contribution < 1.29 is 9.90 Å². The number of aryl methyl sites for hydroxylation is 1. The highest BCUT2D eigenvalue weighted by atomic mass is 16.4. The summed E-state index contributed by atoms with van der Waals surface area (Å²) in [6, 6.07) is 0.289. The Morgan fingerprint density at radius 1 is 1.59 bits per heavy atom. The molecule has 0 unspecified atom stereocenters. The molecule has 3 N–H and O–H groups in total. The van der Waals surface area contributed by atoms with Gasteiger partial charge in [-0.05, 0) is 12.8 Å². The van der Waals surface area contributed by atoms with Gasteiger partial charge in [-0.3, -0.25) is 9.58 Å². The molecule has 2 heterocycles. The van der Waals surface area contributed by atoms with Crippen molar-refractivity contribution in [3.05, 3.63) is 17.5 Å². The predicted octanol–water partition coefficient (Wildman–Crippen LogP) is 0.0414. The topological polar surface area (TPSA) is 84.4 Å². The number of rotatable bonds is 3. The third kappa shape index (κ3) is 2.65. The minimum Gasteiger partial charge on any atom is -0.478 e. The Hall–Kier alpha value is -1.40. The molecule has 1 aliphatic heterocycles. The summed E-state index contributed by atoms with van der Waals surface area (Å²) in [6.07, 6.45) is 3.36. The number of carbonyl (C=O) groups is 1. The number of likely N-dealkylation sites (tertiary alicyclic amines) is 1. The van der Waals surface area contributed by atoms with Crippen molar-refractivity contribution in [2.45, 2.75) is 25.4 Å². The van der Waals surface area contributed by atoms with Gasteiger partial charge in [-0.25, -0.2) is 4.79 Å². The zero-order chi connectivity index (χ0) is 12.4. The van der Waals surface area contributed by atoms with E-state index < -0.39 is 5.97 Å².